The quantitative estimate of drug-likeness (QED) is 0.647. The van der Waals surface area contributed by atoms with Crippen LogP contribution in [0.15, 0.2) is 33.7 Å². The fourth-order valence-corrected chi connectivity index (χ4v) is 3.56. The lowest BCUT2D eigenvalue weighted by Crippen LogP contribution is -2.48. The van der Waals surface area contributed by atoms with Crippen molar-refractivity contribution < 1.29 is 4.42 Å². The van der Waals surface area contributed by atoms with Crippen molar-refractivity contribution in [1.29, 1.82) is 0 Å². The number of nitrogens with zero attached hydrogens (tertiary/aromatic N) is 2. The van der Waals surface area contributed by atoms with E-state index in [2.05, 4.69) is 40.4 Å². The summed E-state index contributed by atoms with van der Waals surface area (Å²) in [6.45, 7) is 8.56. The third kappa shape index (κ3) is 4.34. The fraction of sp³-hybridized carbons (Fsp3) is 0.550. The maximum absolute atomic E-state index is 5.97. The molecule has 25 heavy (non-hydrogen) atoms. The zero-order chi connectivity index (χ0) is 17.6. The van der Waals surface area contributed by atoms with E-state index in [1.165, 1.54) is 49.8 Å². The topological polar surface area (TPSA) is 52.8 Å². The Bertz CT molecular complexity index is 714. The second-order valence-electron chi connectivity index (χ2n) is 6.83. The Morgan fingerprint density at radius 2 is 2.04 bits per heavy atom. The maximum Gasteiger partial charge on any atom is 0.191 e. The standard InChI is InChI=1S/C20H30N4O/c1-4-11-24-12-9-16(10-13-24)23-20(21-3)22-14-19-15(2)17-7-5-6-8-18(17)25-19/h5-8,16H,4,9-14H2,1-3H3,(H2,21,22,23). The van der Waals surface area contributed by atoms with Crippen LogP contribution in [0.1, 0.15) is 37.5 Å². The van der Waals surface area contributed by atoms with Crippen molar-refractivity contribution in [2.45, 2.75) is 45.7 Å². The Balaban J connectivity index is 1.53. The molecule has 0 radical (unpaired) electrons. The van der Waals surface area contributed by atoms with Gasteiger partial charge in [0.2, 0.25) is 0 Å². The Hall–Kier alpha value is -2.01. The highest BCUT2D eigenvalue weighted by Crippen LogP contribution is 2.24. The number of rotatable bonds is 5. The molecule has 0 unspecified atom stereocenters. The number of furan rings is 1. The predicted molar refractivity (Wildman–Crippen MR) is 104 cm³/mol. The van der Waals surface area contributed by atoms with Crippen molar-refractivity contribution in [2.75, 3.05) is 26.7 Å². The van der Waals surface area contributed by atoms with Crippen LogP contribution in [0.25, 0.3) is 11.0 Å². The molecule has 1 fully saturated rings. The van der Waals surface area contributed by atoms with Crippen molar-refractivity contribution in [3.05, 3.63) is 35.6 Å². The first-order valence-corrected chi connectivity index (χ1v) is 9.37. The molecule has 5 heteroatoms. The van der Waals surface area contributed by atoms with Gasteiger partial charge in [-0.05, 0) is 38.8 Å². The van der Waals surface area contributed by atoms with Gasteiger partial charge in [0, 0.05) is 37.1 Å². The Morgan fingerprint density at radius 3 is 2.72 bits per heavy atom. The first kappa shape index (κ1) is 17.8. The molecule has 0 aliphatic carbocycles. The van der Waals surface area contributed by atoms with Gasteiger partial charge >= 0.3 is 0 Å². The van der Waals surface area contributed by atoms with Gasteiger partial charge in [-0.2, -0.15) is 0 Å². The summed E-state index contributed by atoms with van der Waals surface area (Å²) in [7, 11) is 1.83. The zero-order valence-corrected chi connectivity index (χ0v) is 15.6. The normalized spacial score (nSPS) is 17.2. The first-order valence-electron chi connectivity index (χ1n) is 9.37. The largest absolute Gasteiger partial charge is 0.459 e. The minimum absolute atomic E-state index is 0.496. The van der Waals surface area contributed by atoms with Crippen LogP contribution in [-0.4, -0.2) is 43.6 Å². The summed E-state index contributed by atoms with van der Waals surface area (Å²) in [6, 6.07) is 8.68. The number of guanidine groups is 1. The third-order valence-electron chi connectivity index (χ3n) is 5.05. The molecule has 0 bridgehead atoms. The van der Waals surface area contributed by atoms with Gasteiger partial charge in [0.25, 0.3) is 0 Å². The number of benzene rings is 1. The molecule has 1 aromatic heterocycles. The van der Waals surface area contributed by atoms with Crippen LogP contribution in [0.2, 0.25) is 0 Å². The lowest BCUT2D eigenvalue weighted by molar-refractivity contribution is 0.206. The summed E-state index contributed by atoms with van der Waals surface area (Å²) in [4.78, 5) is 6.92. The second kappa shape index (κ2) is 8.39. The van der Waals surface area contributed by atoms with Crippen LogP contribution in [0.5, 0.6) is 0 Å². The molecule has 0 amide bonds. The number of nitrogens with one attached hydrogen (secondary N) is 2. The maximum atomic E-state index is 5.97. The molecular formula is C20H30N4O. The van der Waals surface area contributed by atoms with Gasteiger partial charge in [-0.3, -0.25) is 4.99 Å². The Kier molecular flexibility index (Phi) is 5.97. The summed E-state index contributed by atoms with van der Waals surface area (Å²) in [5.74, 6) is 1.83. The molecule has 0 atom stereocenters. The number of piperidine rings is 1. The number of hydrogen-bond acceptors (Lipinski definition) is 3. The van der Waals surface area contributed by atoms with Crippen molar-refractivity contribution in [3.8, 4) is 0 Å². The van der Waals surface area contributed by atoms with Crippen LogP contribution in [-0.2, 0) is 6.54 Å². The van der Waals surface area contributed by atoms with Crippen molar-refractivity contribution in [1.82, 2.24) is 15.5 Å². The van der Waals surface area contributed by atoms with E-state index in [0.717, 1.165) is 17.3 Å². The monoisotopic (exact) mass is 342 g/mol. The van der Waals surface area contributed by atoms with Crippen LogP contribution in [0.3, 0.4) is 0 Å². The summed E-state index contributed by atoms with van der Waals surface area (Å²) < 4.78 is 5.97. The smallest absolute Gasteiger partial charge is 0.191 e. The van der Waals surface area contributed by atoms with Gasteiger partial charge in [-0.1, -0.05) is 25.1 Å². The summed E-state index contributed by atoms with van der Waals surface area (Å²) in [6.07, 6.45) is 3.58. The number of hydrogen-bond donors (Lipinski definition) is 2. The molecule has 1 aromatic carbocycles. The molecule has 0 spiro atoms. The number of fused-ring (bicyclic) bond motifs is 1. The summed E-state index contributed by atoms with van der Waals surface area (Å²) in [5, 5.41) is 8.15. The third-order valence-corrected chi connectivity index (χ3v) is 5.05. The number of aryl methyl sites for hydroxylation is 1. The highest BCUT2D eigenvalue weighted by molar-refractivity contribution is 5.83. The van der Waals surface area contributed by atoms with E-state index in [4.69, 9.17) is 4.42 Å². The lowest BCUT2D eigenvalue weighted by atomic mass is 10.1. The summed E-state index contributed by atoms with van der Waals surface area (Å²) in [5.41, 5.74) is 2.15. The van der Waals surface area contributed by atoms with Crippen LogP contribution >= 0.6 is 0 Å². The van der Waals surface area contributed by atoms with Crippen molar-refractivity contribution in [3.63, 3.8) is 0 Å². The molecule has 2 heterocycles. The molecular weight excluding hydrogens is 312 g/mol. The van der Waals surface area contributed by atoms with Gasteiger partial charge < -0.3 is 20.0 Å². The molecule has 1 saturated heterocycles. The molecule has 136 valence electrons. The van der Waals surface area contributed by atoms with Gasteiger partial charge in [-0.25, -0.2) is 0 Å². The van der Waals surface area contributed by atoms with Crippen molar-refractivity contribution in [2.24, 2.45) is 4.99 Å². The highest BCUT2D eigenvalue weighted by atomic mass is 16.3. The Labute approximate surface area is 150 Å². The number of aliphatic imine (C=N–C) groups is 1. The van der Waals surface area contributed by atoms with E-state index >= 15 is 0 Å². The minimum Gasteiger partial charge on any atom is -0.459 e. The highest BCUT2D eigenvalue weighted by Gasteiger charge is 2.19. The molecule has 0 saturated carbocycles. The van der Waals surface area contributed by atoms with E-state index < -0.39 is 0 Å². The average Bonchev–Trinajstić information content (AvgIpc) is 2.96. The van der Waals surface area contributed by atoms with E-state index in [9.17, 15) is 0 Å². The van der Waals surface area contributed by atoms with E-state index in [0.29, 0.717) is 12.6 Å². The second-order valence-corrected chi connectivity index (χ2v) is 6.83. The van der Waals surface area contributed by atoms with E-state index in [-0.39, 0.29) is 0 Å². The molecule has 5 nitrogen and oxygen atoms in total. The zero-order valence-electron chi connectivity index (χ0n) is 15.6. The first-order chi connectivity index (χ1) is 12.2. The molecule has 1 aliphatic rings. The van der Waals surface area contributed by atoms with Gasteiger partial charge in [0.15, 0.2) is 5.96 Å². The number of likely N-dealkylation sites (tertiary alicyclic amines) is 1. The predicted octanol–water partition coefficient (Wildman–Crippen LogP) is 3.28. The lowest BCUT2D eigenvalue weighted by Gasteiger charge is -2.32. The molecule has 3 rings (SSSR count). The van der Waals surface area contributed by atoms with Gasteiger partial charge in [0.1, 0.15) is 11.3 Å². The fourth-order valence-electron chi connectivity index (χ4n) is 3.56. The van der Waals surface area contributed by atoms with E-state index in [1.54, 1.807) is 0 Å². The molecule has 2 aromatic rings. The van der Waals surface area contributed by atoms with Crippen LogP contribution in [0, 0.1) is 6.92 Å². The van der Waals surface area contributed by atoms with Crippen LogP contribution < -0.4 is 10.6 Å². The van der Waals surface area contributed by atoms with Gasteiger partial charge in [-0.15, -0.1) is 0 Å². The van der Waals surface area contributed by atoms with Crippen LogP contribution in [0.4, 0.5) is 0 Å². The molecule has 2 N–H and O–H groups in total. The average molecular weight is 342 g/mol. The summed E-state index contributed by atoms with van der Waals surface area (Å²) >= 11 is 0. The molecule has 1 aliphatic heterocycles. The Morgan fingerprint density at radius 1 is 1.28 bits per heavy atom. The number of para-hydroxylation sites is 1. The van der Waals surface area contributed by atoms with Crippen molar-refractivity contribution >= 4 is 16.9 Å². The SMILES string of the molecule is CCCN1CCC(NC(=NC)NCc2oc3ccccc3c2C)CC1. The van der Waals surface area contributed by atoms with E-state index in [1.807, 2.05) is 25.2 Å². The minimum atomic E-state index is 0.496. The van der Waals surface area contributed by atoms with Gasteiger partial charge in [0.05, 0.1) is 6.54 Å².